The van der Waals surface area contributed by atoms with E-state index < -0.39 is 10.0 Å². The average Bonchev–Trinajstić information content (AvgIpc) is 3.25. The number of nitrogens with one attached hydrogen (secondary N) is 1. The molecule has 0 spiro atoms. The van der Waals surface area contributed by atoms with Crippen molar-refractivity contribution < 1.29 is 13.2 Å². The summed E-state index contributed by atoms with van der Waals surface area (Å²) in [5, 5.41) is 0. The molecular weight excluding hydrogens is 338 g/mol. The fourth-order valence-electron chi connectivity index (χ4n) is 3.74. The predicted molar refractivity (Wildman–Crippen MR) is 96.8 cm³/mol. The van der Waals surface area contributed by atoms with Gasteiger partial charge in [0.15, 0.2) is 0 Å². The first-order valence-corrected chi connectivity index (χ1v) is 10.5. The lowest BCUT2D eigenvalue weighted by atomic mass is 10.1. The van der Waals surface area contributed by atoms with Gasteiger partial charge in [-0.25, -0.2) is 13.1 Å². The van der Waals surface area contributed by atoms with E-state index in [2.05, 4.69) is 4.72 Å². The van der Waals surface area contributed by atoms with E-state index in [0.29, 0.717) is 36.7 Å². The Balaban J connectivity index is 1.81. The molecule has 25 heavy (non-hydrogen) atoms. The van der Waals surface area contributed by atoms with Crippen LogP contribution in [0.1, 0.15) is 48.0 Å². The fourth-order valence-corrected chi connectivity index (χ4v) is 5.32. The number of rotatable bonds is 5. The molecule has 0 aromatic heterocycles. The third-order valence-electron chi connectivity index (χ3n) is 5.31. The molecule has 2 fully saturated rings. The minimum atomic E-state index is -3.61. The Morgan fingerprint density at radius 2 is 2.00 bits per heavy atom. The number of hydrogen-bond acceptors (Lipinski definition) is 4. The van der Waals surface area contributed by atoms with Crippen LogP contribution in [0.25, 0.3) is 0 Å². The smallest absolute Gasteiger partial charge is 0.253 e. The highest BCUT2D eigenvalue weighted by Gasteiger charge is 2.28. The summed E-state index contributed by atoms with van der Waals surface area (Å²) in [7, 11) is -3.61. The molecule has 1 amide bonds. The Morgan fingerprint density at radius 3 is 2.64 bits per heavy atom. The number of carbonyl (C=O) groups is 1. The van der Waals surface area contributed by atoms with Crippen LogP contribution in [0.15, 0.2) is 23.1 Å². The summed E-state index contributed by atoms with van der Waals surface area (Å²) in [6, 6.07) is 4.95. The van der Waals surface area contributed by atoms with Crippen LogP contribution >= 0.6 is 0 Å². The number of aryl methyl sites for hydroxylation is 1. The molecular formula is C18H27N3O3S. The number of hydrogen-bond donors (Lipinski definition) is 2. The van der Waals surface area contributed by atoms with E-state index in [9.17, 15) is 13.2 Å². The summed E-state index contributed by atoms with van der Waals surface area (Å²) >= 11 is 0. The van der Waals surface area contributed by atoms with Crippen molar-refractivity contribution in [3.63, 3.8) is 0 Å². The number of amides is 1. The van der Waals surface area contributed by atoms with Gasteiger partial charge in [0, 0.05) is 24.7 Å². The lowest BCUT2D eigenvalue weighted by Gasteiger charge is -2.18. The molecule has 138 valence electrons. The number of benzene rings is 1. The first kappa shape index (κ1) is 18.4. The van der Waals surface area contributed by atoms with Gasteiger partial charge in [-0.2, -0.15) is 0 Å². The van der Waals surface area contributed by atoms with E-state index in [1.807, 2.05) is 0 Å². The van der Waals surface area contributed by atoms with Gasteiger partial charge in [-0.05, 0) is 56.3 Å². The lowest BCUT2D eigenvalue weighted by molar-refractivity contribution is 0.0787. The molecule has 1 saturated carbocycles. The molecule has 1 heterocycles. The van der Waals surface area contributed by atoms with Crippen LogP contribution in [0.4, 0.5) is 0 Å². The molecule has 7 heteroatoms. The van der Waals surface area contributed by atoms with E-state index in [-0.39, 0.29) is 16.8 Å². The Labute approximate surface area is 149 Å². The van der Waals surface area contributed by atoms with Crippen molar-refractivity contribution in [1.29, 1.82) is 0 Å². The summed E-state index contributed by atoms with van der Waals surface area (Å²) in [6.45, 7) is 3.66. The quantitative estimate of drug-likeness (QED) is 0.830. The molecule has 1 atom stereocenters. The van der Waals surface area contributed by atoms with E-state index in [1.165, 1.54) is 6.07 Å². The van der Waals surface area contributed by atoms with Crippen molar-refractivity contribution in [2.75, 3.05) is 19.6 Å². The van der Waals surface area contributed by atoms with Crippen molar-refractivity contribution in [2.45, 2.75) is 50.0 Å². The minimum absolute atomic E-state index is 0.00709. The van der Waals surface area contributed by atoms with Crippen LogP contribution in [-0.2, 0) is 10.0 Å². The molecule has 1 saturated heterocycles. The Bertz CT molecular complexity index is 742. The maximum Gasteiger partial charge on any atom is 0.253 e. The van der Waals surface area contributed by atoms with Gasteiger partial charge in [-0.15, -0.1) is 0 Å². The van der Waals surface area contributed by atoms with Gasteiger partial charge in [-0.3, -0.25) is 4.79 Å². The van der Waals surface area contributed by atoms with Crippen LogP contribution in [0.5, 0.6) is 0 Å². The van der Waals surface area contributed by atoms with Crippen molar-refractivity contribution in [3.05, 3.63) is 29.3 Å². The van der Waals surface area contributed by atoms with Gasteiger partial charge in [-0.1, -0.05) is 18.9 Å². The van der Waals surface area contributed by atoms with Gasteiger partial charge < -0.3 is 10.6 Å². The van der Waals surface area contributed by atoms with Crippen molar-refractivity contribution in [1.82, 2.24) is 9.62 Å². The van der Waals surface area contributed by atoms with Crippen molar-refractivity contribution in [2.24, 2.45) is 11.7 Å². The second-order valence-electron chi connectivity index (χ2n) is 7.22. The molecule has 3 rings (SSSR count). The summed E-state index contributed by atoms with van der Waals surface area (Å²) in [5.41, 5.74) is 6.77. The normalized spacial score (nSPS) is 21.8. The Hall–Kier alpha value is -1.44. The second kappa shape index (κ2) is 7.43. The van der Waals surface area contributed by atoms with Crippen LogP contribution in [0.2, 0.25) is 0 Å². The number of nitrogens with zero attached hydrogens (tertiary/aromatic N) is 1. The Kier molecular flexibility index (Phi) is 5.46. The SMILES string of the molecule is Cc1ccc(C(=O)N2CCC(CN)C2)cc1S(=O)(=O)NC1CCCC1. The first-order chi connectivity index (χ1) is 11.9. The van der Waals surface area contributed by atoms with Crippen LogP contribution in [0, 0.1) is 12.8 Å². The molecule has 1 aromatic rings. The highest BCUT2D eigenvalue weighted by molar-refractivity contribution is 7.89. The molecule has 1 aromatic carbocycles. The summed E-state index contributed by atoms with van der Waals surface area (Å²) in [5.74, 6) is 0.218. The van der Waals surface area contributed by atoms with E-state index in [0.717, 1.165) is 32.1 Å². The maximum atomic E-state index is 12.8. The number of likely N-dealkylation sites (tertiary alicyclic amines) is 1. The number of carbonyl (C=O) groups excluding carboxylic acids is 1. The predicted octanol–water partition coefficient (Wildman–Crippen LogP) is 1.64. The minimum Gasteiger partial charge on any atom is -0.338 e. The standard InChI is InChI=1S/C18H27N3O3S/c1-13-6-7-15(18(22)21-9-8-14(11-19)12-21)10-17(13)25(23,24)20-16-4-2-3-5-16/h6-7,10,14,16,20H,2-5,8-9,11-12,19H2,1H3. The average molecular weight is 365 g/mol. The van der Waals surface area contributed by atoms with Crippen molar-refractivity contribution >= 4 is 15.9 Å². The van der Waals surface area contributed by atoms with Crippen LogP contribution in [0.3, 0.4) is 0 Å². The molecule has 0 radical (unpaired) electrons. The molecule has 1 unspecified atom stereocenters. The summed E-state index contributed by atoms with van der Waals surface area (Å²) in [4.78, 5) is 14.7. The van der Waals surface area contributed by atoms with E-state index in [1.54, 1.807) is 24.0 Å². The maximum absolute atomic E-state index is 12.8. The van der Waals surface area contributed by atoms with E-state index >= 15 is 0 Å². The molecule has 3 N–H and O–H groups in total. The van der Waals surface area contributed by atoms with E-state index in [4.69, 9.17) is 5.73 Å². The molecule has 2 aliphatic rings. The zero-order valence-corrected chi connectivity index (χ0v) is 15.5. The van der Waals surface area contributed by atoms with Crippen molar-refractivity contribution in [3.8, 4) is 0 Å². The molecule has 1 aliphatic carbocycles. The highest BCUT2D eigenvalue weighted by Crippen LogP contribution is 2.24. The third-order valence-corrected chi connectivity index (χ3v) is 6.97. The molecule has 1 aliphatic heterocycles. The summed E-state index contributed by atoms with van der Waals surface area (Å²) in [6.07, 6.45) is 4.78. The third kappa shape index (κ3) is 4.04. The monoisotopic (exact) mass is 365 g/mol. The van der Waals surface area contributed by atoms with Gasteiger partial charge >= 0.3 is 0 Å². The topological polar surface area (TPSA) is 92.5 Å². The van der Waals surface area contributed by atoms with Gasteiger partial charge in [0.2, 0.25) is 10.0 Å². The lowest BCUT2D eigenvalue weighted by Crippen LogP contribution is -2.33. The van der Waals surface area contributed by atoms with Gasteiger partial charge in [0.05, 0.1) is 4.90 Å². The van der Waals surface area contributed by atoms with Gasteiger partial charge in [0.25, 0.3) is 5.91 Å². The summed E-state index contributed by atoms with van der Waals surface area (Å²) < 4.78 is 28.3. The zero-order valence-electron chi connectivity index (χ0n) is 14.7. The number of nitrogens with two attached hydrogens (primary N) is 1. The van der Waals surface area contributed by atoms with Crippen LogP contribution < -0.4 is 10.5 Å². The molecule has 6 nitrogen and oxygen atoms in total. The largest absolute Gasteiger partial charge is 0.338 e. The first-order valence-electron chi connectivity index (χ1n) is 9.03. The van der Waals surface area contributed by atoms with Crippen LogP contribution in [-0.4, -0.2) is 44.9 Å². The Morgan fingerprint density at radius 1 is 1.28 bits per heavy atom. The second-order valence-corrected chi connectivity index (χ2v) is 8.91. The zero-order chi connectivity index (χ0) is 18.0. The molecule has 0 bridgehead atoms. The van der Waals surface area contributed by atoms with Gasteiger partial charge in [0.1, 0.15) is 0 Å². The number of sulfonamides is 1. The fraction of sp³-hybridized carbons (Fsp3) is 0.611. The highest BCUT2D eigenvalue weighted by atomic mass is 32.2.